The van der Waals surface area contributed by atoms with Crippen LogP contribution in [-0.4, -0.2) is 43.1 Å². The zero-order valence-electron chi connectivity index (χ0n) is 12.6. The van der Waals surface area contributed by atoms with Gasteiger partial charge in [-0.05, 0) is 41.1 Å². The van der Waals surface area contributed by atoms with Crippen molar-refractivity contribution >= 4 is 44.6 Å². The molecule has 2 aromatic rings. The Labute approximate surface area is 148 Å². The van der Waals surface area contributed by atoms with Crippen molar-refractivity contribution in [1.82, 2.24) is 13.5 Å². The molecule has 1 aromatic heterocycles. The molecule has 6 nitrogen and oxygen atoms in total. The maximum Gasteiger partial charge on any atom is 0.323 e. The van der Waals surface area contributed by atoms with Gasteiger partial charge in [0.15, 0.2) is 0 Å². The maximum absolute atomic E-state index is 12.4. The van der Waals surface area contributed by atoms with E-state index >= 15 is 0 Å². The van der Waals surface area contributed by atoms with Crippen LogP contribution in [0.1, 0.15) is 5.56 Å². The standard InChI is InChI=1S/C13H16IN3O3S2/c1-9-6-5-7-11(20-4)12(9)21-13-10(14)8-15-17(13)22(18,19)16(2)3/h5-8H,1-4H3. The molecule has 1 aromatic carbocycles. The molecule has 0 aliphatic heterocycles. The summed E-state index contributed by atoms with van der Waals surface area (Å²) in [5.41, 5.74) is 1.01. The van der Waals surface area contributed by atoms with E-state index in [0.717, 1.165) is 22.4 Å². The van der Waals surface area contributed by atoms with E-state index in [1.165, 1.54) is 32.1 Å². The van der Waals surface area contributed by atoms with E-state index in [2.05, 4.69) is 27.7 Å². The third-order valence-corrected chi connectivity index (χ3v) is 7.15. The fourth-order valence-electron chi connectivity index (χ4n) is 1.72. The number of aromatic nitrogens is 2. The molecule has 0 bridgehead atoms. The van der Waals surface area contributed by atoms with Gasteiger partial charge < -0.3 is 4.74 Å². The molecule has 0 aliphatic rings. The lowest BCUT2D eigenvalue weighted by Gasteiger charge is -2.15. The first-order valence-corrected chi connectivity index (χ1v) is 9.56. The number of hydrogen-bond acceptors (Lipinski definition) is 5. The Balaban J connectivity index is 2.55. The molecule has 0 saturated heterocycles. The number of halogens is 1. The van der Waals surface area contributed by atoms with Gasteiger partial charge in [-0.1, -0.05) is 23.9 Å². The van der Waals surface area contributed by atoms with Crippen LogP contribution in [0.5, 0.6) is 5.75 Å². The Morgan fingerprint density at radius 3 is 2.64 bits per heavy atom. The monoisotopic (exact) mass is 453 g/mol. The molecule has 0 aliphatic carbocycles. The zero-order chi connectivity index (χ0) is 16.5. The van der Waals surface area contributed by atoms with Crippen molar-refractivity contribution < 1.29 is 13.2 Å². The van der Waals surface area contributed by atoms with Crippen LogP contribution in [0.15, 0.2) is 34.3 Å². The predicted octanol–water partition coefficient (Wildman–Crippen LogP) is 2.61. The van der Waals surface area contributed by atoms with Crippen molar-refractivity contribution in [1.29, 1.82) is 0 Å². The molecule has 0 saturated carbocycles. The second-order valence-corrected chi connectivity index (χ2v) is 8.77. The molecule has 120 valence electrons. The first kappa shape index (κ1) is 17.6. The fourth-order valence-corrected chi connectivity index (χ4v) is 4.70. The normalized spacial score (nSPS) is 11.9. The second kappa shape index (κ2) is 6.77. The van der Waals surface area contributed by atoms with E-state index in [1.54, 1.807) is 7.11 Å². The van der Waals surface area contributed by atoms with Crippen molar-refractivity contribution in [3.63, 3.8) is 0 Å². The Morgan fingerprint density at radius 2 is 2.05 bits per heavy atom. The minimum absolute atomic E-state index is 0.543. The van der Waals surface area contributed by atoms with Gasteiger partial charge in [-0.2, -0.15) is 17.8 Å². The number of aryl methyl sites for hydroxylation is 1. The number of methoxy groups -OCH3 is 1. The summed E-state index contributed by atoms with van der Waals surface area (Å²) in [4.78, 5) is 0.874. The van der Waals surface area contributed by atoms with Gasteiger partial charge in [0.05, 0.1) is 21.8 Å². The molecule has 2 rings (SSSR count). The SMILES string of the molecule is COc1cccc(C)c1Sc1c(I)cnn1S(=O)(=O)N(C)C. The largest absolute Gasteiger partial charge is 0.496 e. The van der Waals surface area contributed by atoms with Gasteiger partial charge in [-0.3, -0.25) is 0 Å². The van der Waals surface area contributed by atoms with Crippen molar-refractivity contribution in [2.24, 2.45) is 0 Å². The Hall–Kier alpha value is -0.780. The van der Waals surface area contributed by atoms with Gasteiger partial charge in [-0.15, -0.1) is 4.09 Å². The lowest BCUT2D eigenvalue weighted by atomic mass is 10.2. The highest BCUT2D eigenvalue weighted by molar-refractivity contribution is 14.1. The molecule has 0 atom stereocenters. The number of benzene rings is 1. The van der Waals surface area contributed by atoms with Gasteiger partial charge in [0.1, 0.15) is 10.8 Å². The summed E-state index contributed by atoms with van der Waals surface area (Å²) in [7, 11) is 0.886. The van der Waals surface area contributed by atoms with Crippen molar-refractivity contribution in [3.8, 4) is 5.75 Å². The molecule has 22 heavy (non-hydrogen) atoms. The number of ether oxygens (including phenoxy) is 1. The van der Waals surface area contributed by atoms with Gasteiger partial charge >= 0.3 is 10.2 Å². The van der Waals surface area contributed by atoms with Gasteiger partial charge in [0.2, 0.25) is 0 Å². The highest BCUT2D eigenvalue weighted by Gasteiger charge is 2.24. The van der Waals surface area contributed by atoms with E-state index in [-0.39, 0.29) is 0 Å². The summed E-state index contributed by atoms with van der Waals surface area (Å²) < 4.78 is 33.1. The fraction of sp³-hybridized carbons (Fsp3) is 0.308. The molecule has 1 heterocycles. The van der Waals surface area contributed by atoms with Gasteiger partial charge in [0, 0.05) is 14.1 Å². The van der Waals surface area contributed by atoms with E-state index in [0.29, 0.717) is 10.8 Å². The van der Waals surface area contributed by atoms with Crippen LogP contribution >= 0.6 is 34.4 Å². The predicted molar refractivity (Wildman–Crippen MR) is 94.8 cm³/mol. The van der Waals surface area contributed by atoms with Crippen molar-refractivity contribution in [3.05, 3.63) is 33.5 Å². The van der Waals surface area contributed by atoms with Crippen LogP contribution in [0.4, 0.5) is 0 Å². The lowest BCUT2D eigenvalue weighted by molar-refractivity contribution is 0.404. The molecule has 0 amide bonds. The molecular formula is C13H16IN3O3S2. The second-order valence-electron chi connectivity index (χ2n) is 4.64. The maximum atomic E-state index is 12.4. The third-order valence-electron chi connectivity index (χ3n) is 2.93. The molecule has 0 N–H and O–H groups in total. The summed E-state index contributed by atoms with van der Waals surface area (Å²) in [5.74, 6) is 0.704. The molecule has 9 heteroatoms. The topological polar surface area (TPSA) is 64.4 Å². The van der Waals surface area contributed by atoms with Crippen LogP contribution in [0.2, 0.25) is 0 Å². The van der Waals surface area contributed by atoms with E-state index in [1.807, 2.05) is 25.1 Å². The molecule has 0 fully saturated rings. The quantitative estimate of drug-likeness (QED) is 0.652. The van der Waals surface area contributed by atoms with Gasteiger partial charge in [-0.25, -0.2) is 0 Å². The highest BCUT2D eigenvalue weighted by atomic mass is 127. The summed E-state index contributed by atoms with van der Waals surface area (Å²) in [6, 6.07) is 5.71. The average molecular weight is 453 g/mol. The summed E-state index contributed by atoms with van der Waals surface area (Å²) in [5, 5.41) is 4.55. The minimum Gasteiger partial charge on any atom is -0.496 e. The van der Waals surface area contributed by atoms with Crippen LogP contribution < -0.4 is 4.74 Å². The number of rotatable bonds is 5. The molecular weight excluding hydrogens is 437 g/mol. The summed E-state index contributed by atoms with van der Waals surface area (Å²) in [6.45, 7) is 1.96. The Bertz CT molecular complexity index is 788. The van der Waals surface area contributed by atoms with Crippen LogP contribution in [0.3, 0.4) is 0 Å². The highest BCUT2D eigenvalue weighted by Crippen LogP contribution is 2.39. The van der Waals surface area contributed by atoms with Crippen molar-refractivity contribution in [2.45, 2.75) is 16.8 Å². The number of nitrogens with zero attached hydrogens (tertiary/aromatic N) is 3. The van der Waals surface area contributed by atoms with E-state index < -0.39 is 10.2 Å². The smallest absolute Gasteiger partial charge is 0.323 e. The molecule has 0 unspecified atom stereocenters. The Morgan fingerprint density at radius 1 is 1.36 bits per heavy atom. The third kappa shape index (κ3) is 3.26. The number of hydrogen-bond donors (Lipinski definition) is 0. The van der Waals surface area contributed by atoms with Gasteiger partial charge in [0.25, 0.3) is 0 Å². The first-order chi connectivity index (χ1) is 10.3. The average Bonchev–Trinajstić information content (AvgIpc) is 2.82. The van der Waals surface area contributed by atoms with Crippen molar-refractivity contribution in [2.75, 3.05) is 21.2 Å². The molecule has 0 spiro atoms. The first-order valence-electron chi connectivity index (χ1n) is 6.27. The van der Waals surface area contributed by atoms with E-state index in [9.17, 15) is 8.42 Å². The Kier molecular flexibility index (Phi) is 5.41. The van der Waals surface area contributed by atoms with Crippen LogP contribution in [0, 0.1) is 10.5 Å². The summed E-state index contributed by atoms with van der Waals surface area (Å²) in [6.07, 6.45) is 1.54. The lowest BCUT2D eigenvalue weighted by Crippen LogP contribution is -2.30. The summed E-state index contributed by atoms with van der Waals surface area (Å²) >= 11 is 3.41. The minimum atomic E-state index is -3.67. The van der Waals surface area contributed by atoms with Crippen LogP contribution in [-0.2, 0) is 10.2 Å². The zero-order valence-corrected chi connectivity index (χ0v) is 16.4. The van der Waals surface area contributed by atoms with E-state index in [4.69, 9.17) is 4.74 Å². The molecule has 0 radical (unpaired) electrons. The van der Waals surface area contributed by atoms with Crippen LogP contribution in [0.25, 0.3) is 0 Å².